The predicted molar refractivity (Wildman–Crippen MR) is 109 cm³/mol. The van der Waals surface area contributed by atoms with E-state index in [0.717, 1.165) is 35.6 Å². The topological polar surface area (TPSA) is 40.0 Å². The van der Waals surface area contributed by atoms with Crippen LogP contribution in [0.1, 0.15) is 17.5 Å². The van der Waals surface area contributed by atoms with Crippen molar-refractivity contribution in [3.8, 4) is 0 Å². The Hall–Kier alpha value is -3.40. The third kappa shape index (κ3) is 3.81. The standard InChI is InChI=1S/C22H20N4/c1-3-7-19(8-4-1)22-15-16-26(25-22)21-13-11-18(12-14-21)17-23-24-20-9-5-2-6-10-20/h1-14,17,24H,15-16H2. The average molecular weight is 340 g/mol. The van der Waals surface area contributed by atoms with Gasteiger partial charge in [0.05, 0.1) is 23.3 Å². The minimum atomic E-state index is 0.910. The minimum Gasteiger partial charge on any atom is -0.279 e. The lowest BCUT2D eigenvalue weighted by atomic mass is 10.1. The van der Waals surface area contributed by atoms with Crippen LogP contribution in [0.25, 0.3) is 0 Å². The molecule has 0 atom stereocenters. The molecule has 1 aliphatic heterocycles. The Balaban J connectivity index is 1.41. The first-order valence-electron chi connectivity index (χ1n) is 8.73. The molecule has 0 unspecified atom stereocenters. The highest BCUT2D eigenvalue weighted by atomic mass is 15.5. The van der Waals surface area contributed by atoms with E-state index in [9.17, 15) is 0 Å². The second kappa shape index (κ2) is 7.66. The number of anilines is 2. The van der Waals surface area contributed by atoms with E-state index in [4.69, 9.17) is 5.10 Å². The Morgan fingerprint density at radius 3 is 2.27 bits per heavy atom. The predicted octanol–water partition coefficient (Wildman–Crippen LogP) is 4.75. The SMILES string of the molecule is C(=NNc1ccccc1)c1ccc(N2CCC(c3ccccc3)=N2)cc1. The summed E-state index contributed by atoms with van der Waals surface area (Å²) in [7, 11) is 0. The lowest BCUT2D eigenvalue weighted by Crippen LogP contribution is -2.11. The van der Waals surface area contributed by atoms with Crippen LogP contribution in [0.4, 0.5) is 11.4 Å². The summed E-state index contributed by atoms with van der Waals surface area (Å²) in [5, 5.41) is 11.1. The Morgan fingerprint density at radius 1 is 0.846 bits per heavy atom. The summed E-state index contributed by atoms with van der Waals surface area (Å²) in [5.41, 5.74) is 8.48. The molecule has 3 aromatic rings. The molecule has 0 aromatic heterocycles. The monoisotopic (exact) mass is 340 g/mol. The molecule has 0 fully saturated rings. The zero-order valence-corrected chi connectivity index (χ0v) is 14.4. The van der Waals surface area contributed by atoms with Gasteiger partial charge in [-0.3, -0.25) is 10.4 Å². The van der Waals surface area contributed by atoms with Crippen molar-refractivity contribution < 1.29 is 0 Å². The maximum atomic E-state index is 4.76. The molecule has 0 spiro atoms. The smallest absolute Gasteiger partial charge is 0.0700 e. The van der Waals surface area contributed by atoms with Gasteiger partial charge in [-0.05, 0) is 35.4 Å². The molecule has 0 saturated carbocycles. The third-order valence-electron chi connectivity index (χ3n) is 4.28. The van der Waals surface area contributed by atoms with Crippen molar-refractivity contribution in [2.45, 2.75) is 6.42 Å². The van der Waals surface area contributed by atoms with Gasteiger partial charge in [-0.2, -0.15) is 10.2 Å². The van der Waals surface area contributed by atoms with Gasteiger partial charge in [-0.1, -0.05) is 60.7 Å². The molecular weight excluding hydrogens is 320 g/mol. The highest BCUT2D eigenvalue weighted by Gasteiger charge is 2.16. The van der Waals surface area contributed by atoms with Gasteiger partial charge < -0.3 is 0 Å². The number of benzene rings is 3. The normalized spacial score (nSPS) is 13.8. The Labute approximate surface area is 153 Å². The second-order valence-corrected chi connectivity index (χ2v) is 6.11. The first-order chi connectivity index (χ1) is 12.9. The summed E-state index contributed by atoms with van der Waals surface area (Å²) < 4.78 is 0. The summed E-state index contributed by atoms with van der Waals surface area (Å²) in [5.74, 6) is 0. The van der Waals surface area contributed by atoms with Crippen molar-refractivity contribution in [1.29, 1.82) is 0 Å². The molecule has 3 aromatic carbocycles. The molecule has 1 aliphatic rings. The summed E-state index contributed by atoms with van der Waals surface area (Å²) in [4.78, 5) is 0. The van der Waals surface area contributed by atoms with E-state index in [1.54, 1.807) is 0 Å². The van der Waals surface area contributed by atoms with Gasteiger partial charge in [0.2, 0.25) is 0 Å². The number of hydrogen-bond donors (Lipinski definition) is 1. The third-order valence-corrected chi connectivity index (χ3v) is 4.28. The molecule has 4 rings (SSSR count). The molecule has 0 aliphatic carbocycles. The molecule has 128 valence electrons. The fraction of sp³-hybridized carbons (Fsp3) is 0.0909. The maximum Gasteiger partial charge on any atom is 0.0700 e. The Kier molecular flexibility index (Phi) is 4.74. The number of rotatable bonds is 5. The van der Waals surface area contributed by atoms with Gasteiger partial charge in [0.1, 0.15) is 0 Å². The van der Waals surface area contributed by atoms with E-state index in [2.05, 4.69) is 64.1 Å². The molecule has 0 bridgehead atoms. The minimum absolute atomic E-state index is 0.910. The van der Waals surface area contributed by atoms with Crippen LogP contribution >= 0.6 is 0 Å². The van der Waals surface area contributed by atoms with E-state index >= 15 is 0 Å². The van der Waals surface area contributed by atoms with E-state index in [1.807, 2.05) is 42.6 Å². The van der Waals surface area contributed by atoms with Crippen LogP contribution in [-0.4, -0.2) is 18.5 Å². The first kappa shape index (κ1) is 16.1. The number of para-hydroxylation sites is 1. The lowest BCUT2D eigenvalue weighted by molar-refractivity contribution is 0.922. The van der Waals surface area contributed by atoms with E-state index < -0.39 is 0 Å². The second-order valence-electron chi connectivity index (χ2n) is 6.11. The number of nitrogens with one attached hydrogen (secondary N) is 1. The molecule has 4 nitrogen and oxygen atoms in total. The van der Waals surface area contributed by atoms with Gasteiger partial charge in [-0.15, -0.1) is 0 Å². The van der Waals surface area contributed by atoms with Crippen molar-refractivity contribution in [2.24, 2.45) is 10.2 Å². The van der Waals surface area contributed by atoms with Crippen LogP contribution in [0.2, 0.25) is 0 Å². The van der Waals surface area contributed by atoms with Crippen LogP contribution in [0.5, 0.6) is 0 Å². The van der Waals surface area contributed by atoms with Crippen LogP contribution in [-0.2, 0) is 0 Å². The number of hydrazone groups is 2. The van der Waals surface area contributed by atoms with Gasteiger partial charge in [0.25, 0.3) is 0 Å². The molecular formula is C22H20N4. The van der Waals surface area contributed by atoms with Gasteiger partial charge in [0.15, 0.2) is 0 Å². The molecule has 4 heteroatoms. The fourth-order valence-electron chi connectivity index (χ4n) is 2.90. The van der Waals surface area contributed by atoms with Crippen LogP contribution in [0.15, 0.2) is 95.1 Å². The Bertz CT molecular complexity index is 900. The molecule has 1 N–H and O–H groups in total. The van der Waals surface area contributed by atoms with E-state index in [0.29, 0.717) is 0 Å². The van der Waals surface area contributed by atoms with Crippen molar-refractivity contribution >= 4 is 23.3 Å². The lowest BCUT2D eigenvalue weighted by Gasteiger charge is -2.13. The van der Waals surface area contributed by atoms with E-state index in [-0.39, 0.29) is 0 Å². The van der Waals surface area contributed by atoms with Gasteiger partial charge in [0, 0.05) is 13.0 Å². The van der Waals surface area contributed by atoms with Crippen molar-refractivity contribution in [1.82, 2.24) is 0 Å². The average Bonchev–Trinajstić information content (AvgIpc) is 3.20. The van der Waals surface area contributed by atoms with E-state index in [1.165, 1.54) is 5.56 Å². The van der Waals surface area contributed by atoms with Gasteiger partial charge in [-0.25, -0.2) is 0 Å². The highest BCUT2D eigenvalue weighted by molar-refractivity contribution is 6.02. The molecule has 0 amide bonds. The van der Waals surface area contributed by atoms with Crippen molar-refractivity contribution in [3.05, 3.63) is 96.1 Å². The largest absolute Gasteiger partial charge is 0.279 e. The molecule has 1 heterocycles. The summed E-state index contributed by atoms with van der Waals surface area (Å²) in [6, 6.07) is 28.6. The summed E-state index contributed by atoms with van der Waals surface area (Å²) >= 11 is 0. The quantitative estimate of drug-likeness (QED) is 0.538. The van der Waals surface area contributed by atoms with Crippen LogP contribution < -0.4 is 10.4 Å². The maximum absolute atomic E-state index is 4.76. The van der Waals surface area contributed by atoms with Crippen molar-refractivity contribution in [2.75, 3.05) is 17.0 Å². The van der Waals surface area contributed by atoms with Gasteiger partial charge >= 0.3 is 0 Å². The highest BCUT2D eigenvalue weighted by Crippen LogP contribution is 2.22. The van der Waals surface area contributed by atoms with Crippen molar-refractivity contribution in [3.63, 3.8) is 0 Å². The zero-order chi connectivity index (χ0) is 17.6. The summed E-state index contributed by atoms with van der Waals surface area (Å²) in [6.07, 6.45) is 2.79. The molecule has 0 radical (unpaired) electrons. The number of nitrogens with zero attached hydrogens (tertiary/aromatic N) is 3. The molecule has 26 heavy (non-hydrogen) atoms. The first-order valence-corrected chi connectivity index (χ1v) is 8.73. The fourth-order valence-corrected chi connectivity index (χ4v) is 2.90. The van der Waals surface area contributed by atoms with Crippen LogP contribution in [0, 0.1) is 0 Å². The zero-order valence-electron chi connectivity index (χ0n) is 14.4. The Morgan fingerprint density at radius 2 is 1.54 bits per heavy atom. The molecule has 0 saturated heterocycles. The van der Waals surface area contributed by atoms with Crippen LogP contribution in [0.3, 0.4) is 0 Å². The summed E-state index contributed by atoms with van der Waals surface area (Å²) in [6.45, 7) is 0.910. The number of hydrogen-bond acceptors (Lipinski definition) is 4.